The quantitative estimate of drug-likeness (QED) is 0.879. The number of thiocarbonyl (C=S) groups is 1. The Labute approximate surface area is 130 Å². The van der Waals surface area contributed by atoms with Gasteiger partial charge in [-0.25, -0.2) is 0 Å². The number of hydrogen-bond acceptors (Lipinski definition) is 2. The van der Waals surface area contributed by atoms with E-state index in [9.17, 15) is 0 Å². The Morgan fingerprint density at radius 2 is 2.10 bits per heavy atom. The van der Waals surface area contributed by atoms with Crippen molar-refractivity contribution in [3.05, 3.63) is 42.5 Å². The van der Waals surface area contributed by atoms with Crippen LogP contribution in [0.4, 0.5) is 5.69 Å². The minimum atomic E-state index is 0.299. The number of benzene rings is 2. The molecule has 0 bridgehead atoms. The predicted octanol–water partition coefficient (Wildman–Crippen LogP) is 3.33. The van der Waals surface area contributed by atoms with Gasteiger partial charge >= 0.3 is 0 Å². The van der Waals surface area contributed by atoms with Crippen LogP contribution in [-0.2, 0) is 4.74 Å². The van der Waals surface area contributed by atoms with Gasteiger partial charge in [-0.15, -0.1) is 0 Å². The maximum Gasteiger partial charge on any atom is 0.173 e. The summed E-state index contributed by atoms with van der Waals surface area (Å²) in [4.78, 5) is 2.01. The van der Waals surface area contributed by atoms with Crippen LogP contribution in [0.2, 0.25) is 0 Å². The summed E-state index contributed by atoms with van der Waals surface area (Å²) in [6.07, 6.45) is 2.57. The molecule has 1 N–H and O–H groups in total. The highest BCUT2D eigenvalue weighted by atomic mass is 32.1. The molecule has 2 aromatic carbocycles. The smallest absolute Gasteiger partial charge is 0.173 e. The lowest BCUT2D eigenvalue weighted by atomic mass is 10.1. The van der Waals surface area contributed by atoms with E-state index in [0.717, 1.165) is 36.8 Å². The molecule has 1 fully saturated rings. The maximum atomic E-state index is 5.61. The molecule has 1 aliphatic heterocycles. The number of fused-ring (bicyclic) bond motifs is 1. The van der Waals surface area contributed by atoms with Gasteiger partial charge in [-0.2, -0.15) is 0 Å². The number of nitrogens with one attached hydrogen (secondary N) is 1. The molecule has 0 amide bonds. The van der Waals surface area contributed by atoms with E-state index in [1.807, 2.05) is 11.9 Å². The van der Waals surface area contributed by atoms with Crippen LogP contribution in [0.25, 0.3) is 10.8 Å². The lowest BCUT2D eigenvalue weighted by molar-refractivity contribution is 0.114. The van der Waals surface area contributed by atoms with Crippen molar-refractivity contribution in [2.75, 3.05) is 25.1 Å². The van der Waals surface area contributed by atoms with E-state index < -0.39 is 0 Å². The molecule has 0 saturated carbocycles. The Hall–Kier alpha value is -1.65. The lowest BCUT2D eigenvalue weighted by Crippen LogP contribution is -2.40. The largest absolute Gasteiger partial charge is 0.376 e. The number of nitrogens with zero attached hydrogens (tertiary/aromatic N) is 1. The summed E-state index contributed by atoms with van der Waals surface area (Å²) in [5.41, 5.74) is 1.10. The van der Waals surface area contributed by atoms with Crippen LogP contribution in [0.1, 0.15) is 12.8 Å². The summed E-state index contributed by atoms with van der Waals surface area (Å²) in [5.74, 6) is 0. The van der Waals surface area contributed by atoms with E-state index in [-0.39, 0.29) is 0 Å². The molecule has 3 rings (SSSR count). The van der Waals surface area contributed by atoms with Gasteiger partial charge in [0, 0.05) is 25.9 Å². The molecule has 0 unspecified atom stereocenters. The first-order valence-corrected chi connectivity index (χ1v) is 7.77. The fourth-order valence-corrected chi connectivity index (χ4v) is 2.82. The zero-order valence-corrected chi connectivity index (χ0v) is 13.0. The second-order valence-electron chi connectivity index (χ2n) is 5.41. The summed E-state index contributed by atoms with van der Waals surface area (Å²) < 4.78 is 5.61. The van der Waals surface area contributed by atoms with Crippen LogP contribution >= 0.6 is 12.2 Å². The summed E-state index contributed by atoms with van der Waals surface area (Å²) in [5, 5.41) is 6.51. The zero-order chi connectivity index (χ0) is 14.7. The van der Waals surface area contributed by atoms with Crippen LogP contribution in [0.3, 0.4) is 0 Å². The fourth-order valence-electron chi connectivity index (χ4n) is 2.63. The predicted molar refractivity (Wildman–Crippen MR) is 91.9 cm³/mol. The van der Waals surface area contributed by atoms with E-state index in [1.165, 1.54) is 10.8 Å². The SMILES string of the molecule is CN(C(=S)NC[C@@H]1CCCO1)c1ccc2ccccc2c1. The zero-order valence-electron chi connectivity index (χ0n) is 12.2. The molecule has 0 aliphatic carbocycles. The summed E-state index contributed by atoms with van der Waals surface area (Å²) in [6.45, 7) is 1.66. The van der Waals surface area contributed by atoms with Gasteiger partial charge in [-0.05, 0) is 48.0 Å². The number of ether oxygens (including phenoxy) is 1. The third-order valence-electron chi connectivity index (χ3n) is 3.93. The van der Waals surface area contributed by atoms with Gasteiger partial charge < -0.3 is 15.0 Å². The molecule has 3 nitrogen and oxygen atoms in total. The van der Waals surface area contributed by atoms with Crippen LogP contribution in [0, 0.1) is 0 Å². The van der Waals surface area contributed by atoms with Crippen LogP contribution in [-0.4, -0.2) is 31.4 Å². The molecule has 2 aromatic rings. The van der Waals surface area contributed by atoms with E-state index in [0.29, 0.717) is 6.10 Å². The topological polar surface area (TPSA) is 24.5 Å². The first-order chi connectivity index (χ1) is 10.2. The van der Waals surface area contributed by atoms with Gasteiger partial charge in [-0.1, -0.05) is 30.3 Å². The second kappa shape index (κ2) is 6.41. The van der Waals surface area contributed by atoms with Crippen LogP contribution in [0.5, 0.6) is 0 Å². The Morgan fingerprint density at radius 1 is 1.29 bits per heavy atom. The lowest BCUT2D eigenvalue weighted by Gasteiger charge is -2.22. The van der Waals surface area contributed by atoms with Crippen molar-refractivity contribution in [3.63, 3.8) is 0 Å². The summed E-state index contributed by atoms with van der Waals surface area (Å²) >= 11 is 5.48. The van der Waals surface area contributed by atoms with Crippen molar-refractivity contribution < 1.29 is 4.74 Å². The van der Waals surface area contributed by atoms with Crippen molar-refractivity contribution >= 4 is 33.8 Å². The van der Waals surface area contributed by atoms with Crippen molar-refractivity contribution in [2.24, 2.45) is 0 Å². The minimum absolute atomic E-state index is 0.299. The monoisotopic (exact) mass is 300 g/mol. The molecule has 110 valence electrons. The molecule has 1 heterocycles. The van der Waals surface area contributed by atoms with Crippen LogP contribution < -0.4 is 10.2 Å². The molecule has 0 spiro atoms. The molecule has 1 atom stereocenters. The molecule has 0 radical (unpaired) electrons. The van der Waals surface area contributed by atoms with Gasteiger partial charge in [0.1, 0.15) is 0 Å². The summed E-state index contributed by atoms with van der Waals surface area (Å²) in [7, 11) is 1.99. The number of anilines is 1. The molecular formula is C17H20N2OS. The van der Waals surface area contributed by atoms with Crippen molar-refractivity contribution in [1.29, 1.82) is 0 Å². The standard InChI is InChI=1S/C17H20N2OS/c1-19(17(21)18-12-16-7-4-10-20-16)15-9-8-13-5-2-3-6-14(13)11-15/h2-3,5-6,8-9,11,16H,4,7,10,12H2,1H3,(H,18,21)/t16-/m0/s1. The molecule has 4 heteroatoms. The second-order valence-corrected chi connectivity index (χ2v) is 5.80. The molecule has 0 aromatic heterocycles. The van der Waals surface area contributed by atoms with E-state index in [1.54, 1.807) is 0 Å². The van der Waals surface area contributed by atoms with Gasteiger partial charge in [0.15, 0.2) is 5.11 Å². The molecule has 1 saturated heterocycles. The molecular weight excluding hydrogens is 280 g/mol. The Kier molecular flexibility index (Phi) is 4.36. The van der Waals surface area contributed by atoms with Gasteiger partial charge in [-0.3, -0.25) is 0 Å². The average molecular weight is 300 g/mol. The molecule has 1 aliphatic rings. The highest BCUT2D eigenvalue weighted by Crippen LogP contribution is 2.21. The Bertz CT molecular complexity index is 637. The Morgan fingerprint density at radius 3 is 2.86 bits per heavy atom. The Balaban J connectivity index is 1.67. The van der Waals surface area contributed by atoms with Crippen LogP contribution in [0.15, 0.2) is 42.5 Å². The maximum absolute atomic E-state index is 5.61. The van der Waals surface area contributed by atoms with E-state index in [2.05, 4.69) is 47.8 Å². The first kappa shape index (κ1) is 14.3. The van der Waals surface area contributed by atoms with Crippen molar-refractivity contribution in [3.8, 4) is 0 Å². The van der Waals surface area contributed by atoms with Gasteiger partial charge in [0.25, 0.3) is 0 Å². The highest BCUT2D eigenvalue weighted by molar-refractivity contribution is 7.80. The van der Waals surface area contributed by atoms with Crippen molar-refractivity contribution in [2.45, 2.75) is 18.9 Å². The highest BCUT2D eigenvalue weighted by Gasteiger charge is 2.16. The fraction of sp³-hybridized carbons (Fsp3) is 0.353. The summed E-state index contributed by atoms with van der Waals surface area (Å²) in [6, 6.07) is 14.7. The van der Waals surface area contributed by atoms with Crippen molar-refractivity contribution in [1.82, 2.24) is 5.32 Å². The van der Waals surface area contributed by atoms with E-state index in [4.69, 9.17) is 17.0 Å². The average Bonchev–Trinajstić information content (AvgIpc) is 3.05. The third kappa shape index (κ3) is 3.34. The van der Waals surface area contributed by atoms with E-state index >= 15 is 0 Å². The number of hydrogen-bond donors (Lipinski definition) is 1. The van der Waals surface area contributed by atoms with Gasteiger partial charge in [0.05, 0.1) is 6.10 Å². The molecule has 21 heavy (non-hydrogen) atoms. The first-order valence-electron chi connectivity index (χ1n) is 7.36. The number of rotatable bonds is 3. The normalized spacial score (nSPS) is 17.9. The van der Waals surface area contributed by atoms with Gasteiger partial charge in [0.2, 0.25) is 0 Å². The third-order valence-corrected chi connectivity index (χ3v) is 4.35. The minimum Gasteiger partial charge on any atom is -0.376 e.